The molecule has 4 heteroatoms. The van der Waals surface area contributed by atoms with E-state index in [1.807, 2.05) is 29.3 Å². The van der Waals surface area contributed by atoms with Crippen molar-refractivity contribution < 1.29 is 0 Å². The van der Waals surface area contributed by atoms with Gasteiger partial charge in [0.2, 0.25) is 0 Å². The molecule has 0 saturated carbocycles. The Kier molecular flexibility index (Phi) is 4.77. The summed E-state index contributed by atoms with van der Waals surface area (Å²) >= 11 is 1.85. The van der Waals surface area contributed by atoms with Crippen LogP contribution in [0.25, 0.3) is 10.6 Å². The van der Waals surface area contributed by atoms with Crippen molar-refractivity contribution in [3.63, 3.8) is 0 Å². The molecule has 2 heterocycles. The highest BCUT2D eigenvalue weighted by Gasteiger charge is 2.17. The van der Waals surface area contributed by atoms with Crippen molar-refractivity contribution in [2.75, 3.05) is 6.54 Å². The Morgan fingerprint density at radius 2 is 2.11 bits per heavy atom. The average Bonchev–Trinajstić information content (AvgIpc) is 2.98. The maximum absolute atomic E-state index is 4.47. The molecule has 1 unspecified atom stereocenters. The molecule has 0 aliphatic rings. The van der Waals surface area contributed by atoms with E-state index in [-0.39, 0.29) is 0 Å². The quantitative estimate of drug-likeness (QED) is 0.869. The molecule has 2 aromatic heterocycles. The molecule has 19 heavy (non-hydrogen) atoms. The Balaban J connectivity index is 2.18. The van der Waals surface area contributed by atoms with Crippen molar-refractivity contribution in [2.45, 2.75) is 33.2 Å². The van der Waals surface area contributed by atoms with Crippen LogP contribution in [0.3, 0.4) is 0 Å². The lowest BCUT2D eigenvalue weighted by molar-refractivity contribution is 0.418. The number of aryl methyl sites for hydroxylation is 1. The van der Waals surface area contributed by atoms with Crippen molar-refractivity contribution in [3.05, 3.63) is 29.3 Å². The summed E-state index contributed by atoms with van der Waals surface area (Å²) in [4.78, 5) is 2.66. The lowest BCUT2D eigenvalue weighted by atomic mass is 10.0. The Bertz CT molecular complexity index is 513. The summed E-state index contributed by atoms with van der Waals surface area (Å²) in [6, 6.07) is 6.94. The van der Waals surface area contributed by atoms with E-state index >= 15 is 0 Å². The molecule has 2 aromatic rings. The van der Waals surface area contributed by atoms with Crippen LogP contribution >= 0.6 is 11.3 Å². The topological polar surface area (TPSA) is 29.9 Å². The van der Waals surface area contributed by atoms with Gasteiger partial charge in [0.15, 0.2) is 0 Å². The Morgan fingerprint density at radius 3 is 2.68 bits per heavy atom. The molecule has 0 aliphatic carbocycles. The van der Waals surface area contributed by atoms with Gasteiger partial charge in [-0.05, 0) is 37.1 Å². The fourth-order valence-corrected chi connectivity index (χ4v) is 3.39. The van der Waals surface area contributed by atoms with Gasteiger partial charge in [-0.2, -0.15) is 5.10 Å². The van der Waals surface area contributed by atoms with Crippen LogP contribution in [-0.2, 0) is 7.05 Å². The fourth-order valence-electron chi connectivity index (χ4n) is 2.17. The number of rotatable bonds is 6. The molecule has 0 fully saturated rings. The first-order chi connectivity index (χ1) is 9.11. The van der Waals surface area contributed by atoms with Gasteiger partial charge in [-0.1, -0.05) is 20.8 Å². The zero-order valence-electron chi connectivity index (χ0n) is 12.2. The van der Waals surface area contributed by atoms with E-state index in [1.165, 1.54) is 16.2 Å². The molecule has 0 bridgehead atoms. The molecule has 1 N–H and O–H groups in total. The van der Waals surface area contributed by atoms with Crippen LogP contribution < -0.4 is 5.32 Å². The Morgan fingerprint density at radius 1 is 1.32 bits per heavy atom. The van der Waals surface area contributed by atoms with Crippen LogP contribution in [0.4, 0.5) is 0 Å². The molecule has 0 saturated heterocycles. The van der Waals surface area contributed by atoms with Gasteiger partial charge in [0.1, 0.15) is 5.69 Å². The van der Waals surface area contributed by atoms with E-state index in [0.29, 0.717) is 12.0 Å². The van der Waals surface area contributed by atoms with E-state index in [0.717, 1.165) is 12.2 Å². The van der Waals surface area contributed by atoms with Crippen molar-refractivity contribution in [3.8, 4) is 10.6 Å². The molecule has 0 amide bonds. The second-order valence-corrected chi connectivity index (χ2v) is 6.37. The van der Waals surface area contributed by atoms with E-state index in [9.17, 15) is 0 Å². The highest BCUT2D eigenvalue weighted by Crippen LogP contribution is 2.33. The average molecular weight is 277 g/mol. The van der Waals surface area contributed by atoms with Crippen LogP contribution in [-0.4, -0.2) is 16.3 Å². The summed E-state index contributed by atoms with van der Waals surface area (Å²) in [6.07, 6.45) is 3.16. The standard InChI is InChI=1S/C15H23N3S/c1-5-9-16-15(11(2)3)14-7-6-13(19-14)12-8-10-18(4)17-12/h6-8,10-11,15-16H,5,9H2,1-4H3. The molecule has 0 aromatic carbocycles. The summed E-state index contributed by atoms with van der Waals surface area (Å²) in [5, 5.41) is 8.11. The molecular formula is C15H23N3S. The van der Waals surface area contributed by atoms with Crippen molar-refractivity contribution in [2.24, 2.45) is 13.0 Å². The zero-order chi connectivity index (χ0) is 13.8. The summed E-state index contributed by atoms with van der Waals surface area (Å²) < 4.78 is 1.85. The summed E-state index contributed by atoms with van der Waals surface area (Å²) in [7, 11) is 1.96. The summed E-state index contributed by atoms with van der Waals surface area (Å²) in [5.41, 5.74) is 1.07. The molecule has 0 radical (unpaired) electrons. The van der Waals surface area contributed by atoms with Gasteiger partial charge in [-0.3, -0.25) is 4.68 Å². The summed E-state index contributed by atoms with van der Waals surface area (Å²) in [6.45, 7) is 7.82. The van der Waals surface area contributed by atoms with Crippen LogP contribution in [0, 0.1) is 5.92 Å². The predicted octanol–water partition coefficient (Wildman–Crippen LogP) is 3.85. The zero-order valence-corrected chi connectivity index (χ0v) is 13.0. The lowest BCUT2D eigenvalue weighted by Gasteiger charge is -2.20. The molecule has 0 aliphatic heterocycles. The van der Waals surface area contributed by atoms with Gasteiger partial charge in [0, 0.05) is 24.2 Å². The number of nitrogens with zero attached hydrogens (tertiary/aromatic N) is 2. The lowest BCUT2D eigenvalue weighted by Crippen LogP contribution is -2.25. The Labute approximate surface area is 119 Å². The normalized spacial score (nSPS) is 13.1. The van der Waals surface area contributed by atoms with Crippen molar-refractivity contribution >= 4 is 11.3 Å². The third-order valence-corrected chi connectivity index (χ3v) is 4.37. The molecule has 0 spiro atoms. The van der Waals surface area contributed by atoms with Gasteiger partial charge >= 0.3 is 0 Å². The second-order valence-electron chi connectivity index (χ2n) is 5.25. The van der Waals surface area contributed by atoms with Crippen molar-refractivity contribution in [1.29, 1.82) is 0 Å². The summed E-state index contributed by atoms with van der Waals surface area (Å²) in [5.74, 6) is 0.599. The molecule has 104 valence electrons. The van der Waals surface area contributed by atoms with Gasteiger partial charge in [0.05, 0.1) is 4.88 Å². The van der Waals surface area contributed by atoms with Gasteiger partial charge in [-0.25, -0.2) is 0 Å². The highest BCUT2D eigenvalue weighted by atomic mass is 32.1. The number of aromatic nitrogens is 2. The van der Waals surface area contributed by atoms with E-state index in [1.54, 1.807) is 0 Å². The largest absolute Gasteiger partial charge is 0.309 e. The van der Waals surface area contributed by atoms with Gasteiger partial charge in [-0.15, -0.1) is 11.3 Å². The van der Waals surface area contributed by atoms with Crippen LogP contribution in [0.5, 0.6) is 0 Å². The maximum Gasteiger partial charge on any atom is 0.102 e. The number of hydrogen-bond acceptors (Lipinski definition) is 3. The Hall–Kier alpha value is -1.13. The van der Waals surface area contributed by atoms with Gasteiger partial charge < -0.3 is 5.32 Å². The van der Waals surface area contributed by atoms with E-state index in [4.69, 9.17) is 0 Å². The number of thiophene rings is 1. The molecule has 3 nitrogen and oxygen atoms in total. The first-order valence-corrected chi connectivity index (χ1v) is 7.76. The highest BCUT2D eigenvalue weighted by molar-refractivity contribution is 7.15. The maximum atomic E-state index is 4.47. The second kappa shape index (κ2) is 6.35. The van der Waals surface area contributed by atoms with E-state index in [2.05, 4.69) is 49.4 Å². The minimum absolute atomic E-state index is 0.447. The monoisotopic (exact) mass is 277 g/mol. The molecular weight excluding hydrogens is 254 g/mol. The SMILES string of the molecule is CCCNC(c1ccc(-c2ccn(C)n2)s1)C(C)C. The number of hydrogen-bond donors (Lipinski definition) is 1. The van der Waals surface area contributed by atoms with Gasteiger partial charge in [0.25, 0.3) is 0 Å². The first kappa shape index (κ1) is 14.3. The smallest absolute Gasteiger partial charge is 0.102 e. The van der Waals surface area contributed by atoms with Crippen molar-refractivity contribution in [1.82, 2.24) is 15.1 Å². The minimum atomic E-state index is 0.447. The first-order valence-electron chi connectivity index (χ1n) is 6.95. The molecule has 1 atom stereocenters. The van der Waals surface area contributed by atoms with E-state index < -0.39 is 0 Å². The van der Waals surface area contributed by atoms with Crippen LogP contribution in [0.2, 0.25) is 0 Å². The predicted molar refractivity (Wildman–Crippen MR) is 82.4 cm³/mol. The third kappa shape index (κ3) is 3.45. The minimum Gasteiger partial charge on any atom is -0.309 e. The number of nitrogens with one attached hydrogen (secondary N) is 1. The third-order valence-electron chi connectivity index (χ3n) is 3.18. The molecule has 2 rings (SSSR count). The van der Waals surface area contributed by atoms with Crippen LogP contribution in [0.15, 0.2) is 24.4 Å². The van der Waals surface area contributed by atoms with Crippen LogP contribution in [0.1, 0.15) is 38.1 Å². The fraction of sp³-hybridized carbons (Fsp3) is 0.533.